The minimum absolute atomic E-state index is 0.161. The van der Waals surface area contributed by atoms with E-state index in [-0.39, 0.29) is 11.0 Å². The maximum atomic E-state index is 12.4. The van der Waals surface area contributed by atoms with Gasteiger partial charge in [0.1, 0.15) is 6.17 Å². The maximum absolute atomic E-state index is 12.4. The number of hydrogen-bond acceptors (Lipinski definition) is 2. The van der Waals surface area contributed by atoms with Crippen molar-refractivity contribution in [3.05, 3.63) is 29.8 Å². The molecular weight excluding hydrogens is 509 g/mol. The molecule has 194 valence electrons. The Labute approximate surface area is 227 Å². The standard InChI is InChI=1S/C26H42Cl3N3OS/c1-3-4-5-6-7-8-9-10-11-12-13-14-15-20-23(33)31-24(26(27,28)29)32-25(34)30-22-19-17-16-18-21(22)2/h16-19,24H,3-15,20H2,1-2H3,(H,31,33)(H2,30,32,34). The molecule has 1 atom stereocenters. The van der Waals surface area contributed by atoms with Crippen molar-refractivity contribution in [2.24, 2.45) is 0 Å². The predicted molar refractivity (Wildman–Crippen MR) is 153 cm³/mol. The highest BCUT2D eigenvalue weighted by molar-refractivity contribution is 7.80. The second-order valence-electron chi connectivity index (χ2n) is 8.95. The van der Waals surface area contributed by atoms with Gasteiger partial charge in [-0.05, 0) is 37.2 Å². The Hall–Kier alpha value is -0.750. The van der Waals surface area contributed by atoms with Crippen LogP contribution in [-0.4, -0.2) is 21.0 Å². The molecule has 0 aliphatic heterocycles. The molecule has 0 fully saturated rings. The number of carbonyl (C=O) groups is 1. The fourth-order valence-electron chi connectivity index (χ4n) is 3.74. The second-order valence-corrected chi connectivity index (χ2v) is 11.7. The summed E-state index contributed by atoms with van der Waals surface area (Å²) >= 11 is 23.6. The quantitative estimate of drug-likeness (QED) is 0.0787. The maximum Gasteiger partial charge on any atom is 0.228 e. The number of hydrogen-bond donors (Lipinski definition) is 3. The highest BCUT2D eigenvalue weighted by Crippen LogP contribution is 2.29. The smallest absolute Gasteiger partial charge is 0.228 e. The first-order valence-electron chi connectivity index (χ1n) is 12.7. The number of alkyl halides is 3. The van der Waals surface area contributed by atoms with E-state index in [1.165, 1.54) is 64.2 Å². The molecule has 1 aromatic rings. The topological polar surface area (TPSA) is 53.2 Å². The van der Waals surface area contributed by atoms with Crippen LogP contribution in [0.1, 0.15) is 102 Å². The Bertz CT molecular complexity index is 713. The fraction of sp³-hybridized carbons (Fsp3) is 0.692. The minimum Gasteiger partial charge on any atom is -0.339 e. The van der Waals surface area contributed by atoms with Crippen molar-refractivity contribution in [1.82, 2.24) is 10.6 Å². The van der Waals surface area contributed by atoms with E-state index < -0.39 is 9.96 Å². The van der Waals surface area contributed by atoms with E-state index in [1.807, 2.05) is 31.2 Å². The van der Waals surface area contributed by atoms with Gasteiger partial charge >= 0.3 is 0 Å². The van der Waals surface area contributed by atoms with Crippen molar-refractivity contribution in [3.63, 3.8) is 0 Å². The first kappa shape index (κ1) is 31.3. The first-order valence-corrected chi connectivity index (χ1v) is 14.3. The minimum atomic E-state index is -1.75. The number of nitrogens with one attached hydrogen (secondary N) is 3. The van der Waals surface area contributed by atoms with E-state index in [0.717, 1.165) is 30.5 Å². The molecule has 34 heavy (non-hydrogen) atoms. The van der Waals surface area contributed by atoms with Crippen LogP contribution in [0.5, 0.6) is 0 Å². The molecule has 0 spiro atoms. The van der Waals surface area contributed by atoms with Crippen LogP contribution < -0.4 is 16.0 Å². The van der Waals surface area contributed by atoms with Gasteiger partial charge in [0.25, 0.3) is 0 Å². The van der Waals surface area contributed by atoms with Gasteiger partial charge in [0.15, 0.2) is 5.11 Å². The van der Waals surface area contributed by atoms with Crippen molar-refractivity contribution in [2.75, 3.05) is 5.32 Å². The van der Waals surface area contributed by atoms with Gasteiger partial charge in [-0.2, -0.15) is 0 Å². The number of benzene rings is 1. The summed E-state index contributed by atoms with van der Waals surface area (Å²) in [6.45, 7) is 4.22. The van der Waals surface area contributed by atoms with Crippen LogP contribution in [0.4, 0.5) is 5.69 Å². The molecule has 0 bridgehead atoms. The summed E-state index contributed by atoms with van der Waals surface area (Å²) in [5.74, 6) is -0.161. The molecule has 8 heteroatoms. The number of rotatable bonds is 17. The molecule has 0 heterocycles. The SMILES string of the molecule is CCCCCCCCCCCCCCCC(=O)NC(NC(=S)Nc1ccccc1C)C(Cl)(Cl)Cl. The van der Waals surface area contributed by atoms with Crippen molar-refractivity contribution in [2.45, 2.75) is 114 Å². The van der Waals surface area contributed by atoms with Crippen LogP contribution in [0.15, 0.2) is 24.3 Å². The molecule has 0 saturated heterocycles. The molecule has 1 unspecified atom stereocenters. The zero-order valence-electron chi connectivity index (χ0n) is 20.7. The van der Waals surface area contributed by atoms with E-state index >= 15 is 0 Å². The number of thiocarbonyl (C=S) groups is 1. The van der Waals surface area contributed by atoms with E-state index in [0.29, 0.717) is 6.42 Å². The Morgan fingerprint density at radius 3 is 1.85 bits per heavy atom. The number of unbranched alkanes of at least 4 members (excludes halogenated alkanes) is 12. The van der Waals surface area contributed by atoms with Gasteiger partial charge in [0, 0.05) is 12.1 Å². The Morgan fingerprint density at radius 2 is 1.35 bits per heavy atom. The van der Waals surface area contributed by atoms with Gasteiger partial charge in [-0.1, -0.05) is 137 Å². The summed E-state index contributed by atoms with van der Waals surface area (Å²) in [5, 5.41) is 9.01. The van der Waals surface area contributed by atoms with Gasteiger partial charge in [0.05, 0.1) is 0 Å². The summed E-state index contributed by atoms with van der Waals surface area (Å²) in [6, 6.07) is 7.72. The average molecular weight is 551 g/mol. The van der Waals surface area contributed by atoms with Crippen molar-refractivity contribution in [3.8, 4) is 0 Å². The van der Waals surface area contributed by atoms with Crippen LogP contribution in [0.25, 0.3) is 0 Å². The first-order chi connectivity index (χ1) is 16.2. The van der Waals surface area contributed by atoms with E-state index in [2.05, 4.69) is 22.9 Å². The molecule has 0 saturated carbocycles. The second kappa shape index (κ2) is 18.5. The Kier molecular flexibility index (Phi) is 17.0. The highest BCUT2D eigenvalue weighted by atomic mass is 35.6. The summed E-state index contributed by atoms with van der Waals surface area (Å²) < 4.78 is -1.75. The molecule has 1 rings (SSSR count). The van der Waals surface area contributed by atoms with E-state index in [1.54, 1.807) is 0 Å². The lowest BCUT2D eigenvalue weighted by atomic mass is 10.0. The van der Waals surface area contributed by atoms with Crippen molar-refractivity contribution in [1.29, 1.82) is 0 Å². The van der Waals surface area contributed by atoms with Crippen molar-refractivity contribution < 1.29 is 4.79 Å². The van der Waals surface area contributed by atoms with Crippen LogP contribution in [0, 0.1) is 6.92 Å². The van der Waals surface area contributed by atoms with Crippen molar-refractivity contribution >= 4 is 63.7 Å². The lowest BCUT2D eigenvalue weighted by Crippen LogP contribution is -2.56. The van der Waals surface area contributed by atoms with Gasteiger partial charge in [-0.3, -0.25) is 4.79 Å². The third kappa shape index (κ3) is 15.3. The molecule has 3 N–H and O–H groups in total. The van der Waals surface area contributed by atoms with Gasteiger partial charge < -0.3 is 16.0 Å². The van der Waals surface area contributed by atoms with Gasteiger partial charge in [-0.25, -0.2) is 0 Å². The largest absolute Gasteiger partial charge is 0.339 e. The van der Waals surface area contributed by atoms with Crippen LogP contribution in [-0.2, 0) is 4.79 Å². The van der Waals surface area contributed by atoms with Gasteiger partial charge in [-0.15, -0.1) is 0 Å². The van der Waals surface area contributed by atoms with Crippen LogP contribution in [0.2, 0.25) is 0 Å². The number of halogens is 3. The number of para-hydroxylation sites is 1. The summed E-state index contributed by atoms with van der Waals surface area (Å²) in [5.41, 5.74) is 1.88. The third-order valence-corrected chi connectivity index (χ3v) is 6.68. The lowest BCUT2D eigenvalue weighted by Gasteiger charge is -2.28. The van der Waals surface area contributed by atoms with E-state index in [9.17, 15) is 4.79 Å². The molecule has 0 aliphatic rings. The molecule has 0 aromatic heterocycles. The lowest BCUT2D eigenvalue weighted by molar-refractivity contribution is -0.122. The summed E-state index contributed by atoms with van der Waals surface area (Å²) in [6.07, 6.45) is 15.9. The number of carbonyl (C=O) groups excluding carboxylic acids is 1. The van der Waals surface area contributed by atoms with Crippen LogP contribution in [0.3, 0.4) is 0 Å². The highest BCUT2D eigenvalue weighted by Gasteiger charge is 2.34. The summed E-state index contributed by atoms with van der Waals surface area (Å²) in [7, 11) is 0. The van der Waals surface area contributed by atoms with E-state index in [4.69, 9.17) is 47.0 Å². The Morgan fingerprint density at radius 1 is 0.853 bits per heavy atom. The van der Waals surface area contributed by atoms with Gasteiger partial charge in [0.2, 0.25) is 9.70 Å². The normalized spacial score (nSPS) is 12.3. The predicted octanol–water partition coefficient (Wildman–Crippen LogP) is 8.58. The zero-order chi connectivity index (χ0) is 25.2. The fourth-order valence-corrected chi connectivity index (χ4v) is 4.29. The zero-order valence-corrected chi connectivity index (χ0v) is 23.8. The monoisotopic (exact) mass is 549 g/mol. The average Bonchev–Trinajstić information content (AvgIpc) is 2.77. The summed E-state index contributed by atoms with van der Waals surface area (Å²) in [4.78, 5) is 12.4. The number of aryl methyl sites for hydroxylation is 1. The molecular formula is C26H42Cl3N3OS. The molecule has 0 radical (unpaired) electrons. The number of anilines is 1. The third-order valence-electron chi connectivity index (χ3n) is 5.81. The molecule has 1 amide bonds. The number of amides is 1. The Balaban J connectivity index is 2.19. The van der Waals surface area contributed by atoms with Crippen LogP contribution >= 0.6 is 47.0 Å². The molecule has 4 nitrogen and oxygen atoms in total. The molecule has 0 aliphatic carbocycles. The molecule has 1 aromatic carbocycles.